The largest absolute Gasteiger partial charge is 0.494 e. The second-order valence-corrected chi connectivity index (χ2v) is 12.5. The van der Waals surface area contributed by atoms with Crippen LogP contribution in [0.1, 0.15) is 54.6 Å². The van der Waals surface area contributed by atoms with Crippen LogP contribution in [0.25, 0.3) is 0 Å². The maximum Gasteiger partial charge on any atom is 0.416 e. The summed E-state index contributed by atoms with van der Waals surface area (Å²) in [6.45, 7) is 3.64. The van der Waals surface area contributed by atoms with Crippen LogP contribution < -0.4 is 15.4 Å². The number of carbonyl (C=O) groups excluding carboxylic acids is 3. The van der Waals surface area contributed by atoms with E-state index in [-0.39, 0.29) is 25.2 Å². The third-order valence-corrected chi connectivity index (χ3v) is 9.29. The molecule has 1 aliphatic heterocycles. The summed E-state index contributed by atoms with van der Waals surface area (Å²) in [4.78, 5) is 38.3. The number of alkyl halides is 3. The average molecular weight is 646 g/mol. The van der Waals surface area contributed by atoms with Crippen LogP contribution in [0.4, 0.5) is 18.9 Å². The van der Waals surface area contributed by atoms with E-state index in [0.717, 1.165) is 22.5 Å². The highest BCUT2D eigenvalue weighted by atomic mass is 32.2. The normalized spacial score (nSPS) is 16.4. The van der Waals surface area contributed by atoms with E-state index in [0.29, 0.717) is 48.1 Å². The third-order valence-electron chi connectivity index (χ3n) is 7.39. The van der Waals surface area contributed by atoms with E-state index in [9.17, 15) is 36.0 Å². The summed E-state index contributed by atoms with van der Waals surface area (Å²) in [5.41, 5.74) is 0.407. The summed E-state index contributed by atoms with van der Waals surface area (Å²) in [7, 11) is -4.50. The van der Waals surface area contributed by atoms with Gasteiger partial charge in [0.2, 0.25) is 21.8 Å². The lowest BCUT2D eigenvalue weighted by Crippen LogP contribution is -2.56. The number of amides is 2. The number of Topliss-reactive ketones (excluding diaryl/α,β-unsaturated/α-hetero) is 1. The Morgan fingerprint density at radius 2 is 1.69 bits per heavy atom. The van der Waals surface area contributed by atoms with Gasteiger partial charge in [0.1, 0.15) is 17.8 Å². The van der Waals surface area contributed by atoms with E-state index in [1.165, 1.54) is 6.92 Å². The van der Waals surface area contributed by atoms with Crippen molar-refractivity contribution in [1.82, 2.24) is 9.62 Å². The summed E-state index contributed by atoms with van der Waals surface area (Å²) in [6, 6.07) is 14.1. The van der Waals surface area contributed by atoms with Crippen LogP contribution >= 0.6 is 0 Å². The minimum absolute atomic E-state index is 0.0138. The van der Waals surface area contributed by atoms with Crippen molar-refractivity contribution in [2.75, 3.05) is 18.5 Å². The molecule has 1 unspecified atom stereocenters. The molecule has 1 saturated heterocycles. The molecule has 2 atom stereocenters. The molecule has 2 amide bonds. The van der Waals surface area contributed by atoms with Gasteiger partial charge >= 0.3 is 6.18 Å². The smallest absolute Gasteiger partial charge is 0.416 e. The molecule has 0 saturated carbocycles. The van der Waals surface area contributed by atoms with Crippen LogP contribution in [0.15, 0.2) is 77.7 Å². The topological polar surface area (TPSA) is 122 Å². The zero-order valence-corrected chi connectivity index (χ0v) is 25.6. The first-order valence-corrected chi connectivity index (χ1v) is 15.9. The fourth-order valence-electron chi connectivity index (χ4n) is 5.04. The zero-order chi connectivity index (χ0) is 32.8. The van der Waals surface area contributed by atoms with Crippen LogP contribution in [-0.4, -0.2) is 55.6 Å². The highest BCUT2D eigenvalue weighted by Gasteiger charge is 2.40. The highest BCUT2D eigenvalue weighted by Crippen LogP contribution is 2.32. The van der Waals surface area contributed by atoms with Gasteiger partial charge in [0.05, 0.1) is 17.1 Å². The molecule has 4 rings (SSSR count). The molecule has 1 aliphatic rings. The number of carbonyl (C=O) groups is 3. The summed E-state index contributed by atoms with van der Waals surface area (Å²) in [6.07, 6.45) is -3.71. The Bertz CT molecular complexity index is 1630. The van der Waals surface area contributed by atoms with Gasteiger partial charge in [-0.15, -0.1) is 0 Å². The fourth-order valence-corrected chi connectivity index (χ4v) is 6.74. The van der Waals surface area contributed by atoms with Crippen LogP contribution in [0.3, 0.4) is 0 Å². The van der Waals surface area contributed by atoms with Crippen LogP contribution in [0.2, 0.25) is 0 Å². The van der Waals surface area contributed by atoms with Gasteiger partial charge in [0.25, 0.3) is 0 Å². The summed E-state index contributed by atoms with van der Waals surface area (Å²) < 4.78 is 73.5. The lowest BCUT2D eigenvalue weighted by Gasteiger charge is -2.34. The molecule has 3 aromatic carbocycles. The number of piperidine rings is 1. The molecule has 0 bridgehead atoms. The van der Waals surface area contributed by atoms with E-state index in [4.69, 9.17) is 4.74 Å². The summed E-state index contributed by atoms with van der Waals surface area (Å²) in [5.74, 6) is -0.868. The van der Waals surface area contributed by atoms with Gasteiger partial charge < -0.3 is 15.4 Å². The number of hydrogen-bond donors (Lipinski definition) is 2. The minimum atomic E-state index is -4.75. The molecule has 0 radical (unpaired) electrons. The van der Waals surface area contributed by atoms with Crippen molar-refractivity contribution in [3.63, 3.8) is 0 Å². The first-order chi connectivity index (χ1) is 21.3. The number of hydrogen-bond acceptors (Lipinski definition) is 6. The number of nitrogens with zero attached hydrogens (tertiary/aromatic N) is 1. The molecule has 3 aromatic rings. The van der Waals surface area contributed by atoms with Gasteiger partial charge in [-0.3, -0.25) is 14.4 Å². The number of benzene rings is 3. The monoisotopic (exact) mass is 645 g/mol. The fraction of sp³-hybridized carbons (Fsp3) is 0.344. The van der Waals surface area contributed by atoms with Gasteiger partial charge in [0.15, 0.2) is 5.78 Å². The van der Waals surface area contributed by atoms with E-state index in [1.54, 1.807) is 48.5 Å². The van der Waals surface area contributed by atoms with Crippen molar-refractivity contribution in [3.8, 4) is 5.75 Å². The molecule has 0 aliphatic carbocycles. The van der Waals surface area contributed by atoms with Gasteiger partial charge in [-0.25, -0.2) is 8.42 Å². The lowest BCUT2D eigenvalue weighted by molar-refractivity contribution is -0.137. The Morgan fingerprint density at radius 3 is 2.31 bits per heavy atom. The van der Waals surface area contributed by atoms with Gasteiger partial charge in [-0.05, 0) is 74.7 Å². The number of nitrogens with one attached hydrogen (secondary N) is 2. The van der Waals surface area contributed by atoms with Gasteiger partial charge in [-0.1, -0.05) is 36.8 Å². The second kappa shape index (κ2) is 14.2. The van der Waals surface area contributed by atoms with E-state index in [2.05, 4.69) is 10.6 Å². The molecule has 1 fully saturated rings. The minimum Gasteiger partial charge on any atom is -0.494 e. The quantitative estimate of drug-likeness (QED) is 0.276. The second-order valence-electron chi connectivity index (χ2n) is 10.6. The van der Waals surface area contributed by atoms with Gasteiger partial charge in [0, 0.05) is 24.2 Å². The zero-order valence-electron chi connectivity index (χ0n) is 24.8. The number of halogens is 3. The number of ether oxygens (including phenoxy) is 1. The van der Waals surface area contributed by atoms with E-state index < -0.39 is 50.6 Å². The number of anilines is 1. The Hall–Kier alpha value is -4.23. The lowest BCUT2D eigenvalue weighted by atomic mass is 10.0. The van der Waals surface area contributed by atoms with Crippen LogP contribution in [0.5, 0.6) is 5.75 Å². The Labute approximate surface area is 259 Å². The first-order valence-electron chi connectivity index (χ1n) is 14.4. The average Bonchev–Trinajstić information content (AvgIpc) is 3.01. The van der Waals surface area contributed by atoms with Gasteiger partial charge in [-0.2, -0.15) is 17.5 Å². The molecular weight excluding hydrogens is 611 g/mol. The number of rotatable bonds is 11. The molecule has 45 heavy (non-hydrogen) atoms. The van der Waals surface area contributed by atoms with Crippen LogP contribution in [-0.2, 0) is 32.2 Å². The molecular formula is C32H34F3N3O6S. The number of ketones is 1. The highest BCUT2D eigenvalue weighted by molar-refractivity contribution is 7.89. The standard InChI is InChI=1S/C32H34F3N3O6S/c1-3-44-26-16-14-25(15-17-26)36-30(40)28(19-22-10-12-23(13-11-22)21(2)39)37-31(41)29-9-4-5-18-38(29)45(42,43)27-8-6-7-24(20-27)32(33,34)35/h6-8,10-17,20,28-29H,3-5,9,18-19H2,1-2H3,(H,36,40)(H,37,41)/t28-,29?/m0/s1. The van der Waals surface area contributed by atoms with Crippen molar-refractivity contribution in [3.05, 3.63) is 89.5 Å². The molecule has 13 heteroatoms. The predicted molar refractivity (Wildman–Crippen MR) is 161 cm³/mol. The molecule has 9 nitrogen and oxygen atoms in total. The van der Waals surface area contributed by atoms with Crippen molar-refractivity contribution >= 4 is 33.3 Å². The summed E-state index contributed by atoms with van der Waals surface area (Å²) >= 11 is 0. The van der Waals surface area contributed by atoms with Crippen molar-refractivity contribution in [1.29, 1.82) is 0 Å². The third kappa shape index (κ3) is 8.49. The van der Waals surface area contributed by atoms with Crippen molar-refractivity contribution in [2.45, 2.75) is 62.7 Å². The Balaban J connectivity index is 1.59. The Kier molecular flexibility index (Phi) is 10.7. The molecule has 2 N–H and O–H groups in total. The van der Waals surface area contributed by atoms with Crippen molar-refractivity contribution < 1.29 is 40.7 Å². The summed E-state index contributed by atoms with van der Waals surface area (Å²) in [5, 5.41) is 5.44. The van der Waals surface area contributed by atoms with Crippen molar-refractivity contribution in [2.24, 2.45) is 0 Å². The maximum absolute atomic E-state index is 13.7. The Morgan fingerprint density at radius 1 is 1.00 bits per heavy atom. The first kappa shape index (κ1) is 33.7. The molecule has 240 valence electrons. The molecule has 0 aromatic heterocycles. The molecule has 0 spiro atoms. The van der Waals surface area contributed by atoms with E-state index >= 15 is 0 Å². The van der Waals surface area contributed by atoms with E-state index in [1.807, 2.05) is 6.92 Å². The molecule has 1 heterocycles. The maximum atomic E-state index is 13.7. The van der Waals surface area contributed by atoms with Crippen LogP contribution in [0, 0.1) is 0 Å². The predicted octanol–water partition coefficient (Wildman–Crippen LogP) is 5.22. The SMILES string of the molecule is CCOc1ccc(NC(=O)[C@H](Cc2ccc(C(C)=O)cc2)NC(=O)C2CCCCN2S(=O)(=O)c2cccc(C(F)(F)F)c2)cc1. The number of sulfonamides is 1.